The molecular formula is C14H21ClN2OS. The smallest absolute Gasteiger partial charge is 0.189 e. The maximum absolute atomic E-state index is 12.4. The number of hydrogen-bond acceptors (Lipinski definition) is 4. The minimum Gasteiger partial charge on any atom is -0.305 e. The Morgan fingerprint density at radius 3 is 2.84 bits per heavy atom. The molecule has 2 heterocycles. The normalized spacial score (nSPS) is 22.7. The van der Waals surface area contributed by atoms with Gasteiger partial charge in [0.25, 0.3) is 0 Å². The fourth-order valence-corrected chi connectivity index (χ4v) is 3.64. The first-order chi connectivity index (χ1) is 8.99. The molecule has 0 spiro atoms. The molecule has 1 aliphatic heterocycles. The summed E-state index contributed by atoms with van der Waals surface area (Å²) in [4.78, 5) is 17.7. The lowest BCUT2D eigenvalue weighted by Gasteiger charge is -2.38. The van der Waals surface area contributed by atoms with Gasteiger partial charge in [0.1, 0.15) is 0 Å². The van der Waals surface area contributed by atoms with E-state index >= 15 is 0 Å². The zero-order valence-electron chi connectivity index (χ0n) is 11.7. The van der Waals surface area contributed by atoms with E-state index < -0.39 is 0 Å². The molecule has 1 fully saturated rings. The van der Waals surface area contributed by atoms with E-state index in [0.717, 1.165) is 24.4 Å². The Labute approximate surface area is 124 Å². The summed E-state index contributed by atoms with van der Waals surface area (Å²) in [6.45, 7) is 3.99. The Morgan fingerprint density at radius 1 is 1.53 bits per heavy atom. The summed E-state index contributed by atoms with van der Waals surface area (Å²) in [5, 5.41) is 0. The first-order valence-electron chi connectivity index (χ1n) is 6.69. The monoisotopic (exact) mass is 300 g/mol. The molecule has 1 aromatic rings. The van der Waals surface area contributed by atoms with Gasteiger partial charge in [0, 0.05) is 12.6 Å². The molecule has 2 atom stereocenters. The number of likely N-dealkylation sites (tertiary alicyclic amines) is 1. The zero-order chi connectivity index (χ0) is 14.0. The van der Waals surface area contributed by atoms with E-state index in [4.69, 9.17) is 11.6 Å². The van der Waals surface area contributed by atoms with E-state index in [1.165, 1.54) is 17.8 Å². The number of thiophene rings is 1. The van der Waals surface area contributed by atoms with Crippen molar-refractivity contribution in [2.75, 3.05) is 27.2 Å². The Bertz CT molecular complexity index is 446. The molecule has 0 amide bonds. The van der Waals surface area contributed by atoms with Crippen molar-refractivity contribution in [2.45, 2.75) is 31.8 Å². The van der Waals surface area contributed by atoms with Crippen LogP contribution >= 0.6 is 22.9 Å². The molecule has 0 radical (unpaired) electrons. The molecule has 0 saturated carbocycles. The average Bonchev–Trinajstić information content (AvgIpc) is 2.84. The topological polar surface area (TPSA) is 23.6 Å². The van der Waals surface area contributed by atoms with Gasteiger partial charge < -0.3 is 4.90 Å². The van der Waals surface area contributed by atoms with Crippen molar-refractivity contribution in [3.63, 3.8) is 0 Å². The van der Waals surface area contributed by atoms with Gasteiger partial charge in [0.15, 0.2) is 5.78 Å². The third-order valence-corrected chi connectivity index (χ3v) is 5.15. The van der Waals surface area contributed by atoms with E-state index in [0.29, 0.717) is 10.4 Å². The SMILES string of the molecule is CC(C(=O)c1ccc(Cl)s1)N1CCCC(N(C)C)C1. The minimum absolute atomic E-state index is 0.0579. The summed E-state index contributed by atoms with van der Waals surface area (Å²) in [5.74, 6) is 0.191. The number of nitrogens with zero attached hydrogens (tertiary/aromatic N) is 2. The van der Waals surface area contributed by atoms with Crippen molar-refractivity contribution < 1.29 is 4.79 Å². The number of halogens is 1. The van der Waals surface area contributed by atoms with Gasteiger partial charge in [-0.05, 0) is 52.5 Å². The number of ketones is 1. The number of likely N-dealkylation sites (N-methyl/N-ethyl adjacent to an activating group) is 1. The second-order valence-corrected chi connectivity index (χ2v) is 7.11. The Balaban J connectivity index is 2.02. The van der Waals surface area contributed by atoms with Crippen LogP contribution in [0.25, 0.3) is 0 Å². The van der Waals surface area contributed by atoms with Crippen LogP contribution in [0.3, 0.4) is 0 Å². The quantitative estimate of drug-likeness (QED) is 0.799. The summed E-state index contributed by atoms with van der Waals surface area (Å²) in [6.07, 6.45) is 2.38. The van der Waals surface area contributed by atoms with Crippen molar-refractivity contribution in [3.05, 3.63) is 21.3 Å². The van der Waals surface area contributed by atoms with Gasteiger partial charge in [-0.25, -0.2) is 0 Å². The van der Waals surface area contributed by atoms with Gasteiger partial charge in [0.05, 0.1) is 15.3 Å². The summed E-state index contributed by atoms with van der Waals surface area (Å²) >= 11 is 7.28. The number of carbonyl (C=O) groups excluding carboxylic acids is 1. The van der Waals surface area contributed by atoms with E-state index in [-0.39, 0.29) is 11.8 Å². The van der Waals surface area contributed by atoms with Crippen molar-refractivity contribution >= 4 is 28.7 Å². The highest BCUT2D eigenvalue weighted by Crippen LogP contribution is 2.25. The first kappa shape index (κ1) is 15.0. The molecule has 0 N–H and O–H groups in total. The number of carbonyl (C=O) groups is 1. The van der Waals surface area contributed by atoms with Gasteiger partial charge in [-0.1, -0.05) is 11.6 Å². The molecule has 0 aliphatic carbocycles. The zero-order valence-corrected chi connectivity index (χ0v) is 13.3. The van der Waals surface area contributed by atoms with Crippen LogP contribution in [-0.4, -0.2) is 54.9 Å². The van der Waals surface area contributed by atoms with E-state index in [2.05, 4.69) is 23.9 Å². The van der Waals surface area contributed by atoms with E-state index in [9.17, 15) is 4.79 Å². The second kappa shape index (κ2) is 6.35. The highest BCUT2D eigenvalue weighted by molar-refractivity contribution is 7.18. The molecule has 2 rings (SSSR count). The highest BCUT2D eigenvalue weighted by Gasteiger charge is 2.29. The number of rotatable bonds is 4. The van der Waals surface area contributed by atoms with Crippen molar-refractivity contribution in [2.24, 2.45) is 0 Å². The fourth-order valence-electron chi connectivity index (χ4n) is 2.57. The van der Waals surface area contributed by atoms with Crippen LogP contribution in [-0.2, 0) is 0 Å². The molecule has 3 nitrogen and oxygen atoms in total. The summed E-state index contributed by atoms with van der Waals surface area (Å²) in [5.41, 5.74) is 0. The maximum Gasteiger partial charge on any atom is 0.189 e. The lowest BCUT2D eigenvalue weighted by atomic mass is 10.0. The molecule has 0 bridgehead atoms. The lowest BCUT2D eigenvalue weighted by Crippen LogP contribution is -2.50. The summed E-state index contributed by atoms with van der Waals surface area (Å²) in [7, 11) is 4.22. The van der Waals surface area contributed by atoms with Gasteiger partial charge in [0.2, 0.25) is 0 Å². The standard InChI is InChI=1S/C14H21ClN2OS/c1-10(14(18)12-6-7-13(15)19-12)17-8-4-5-11(9-17)16(2)3/h6-7,10-11H,4-5,8-9H2,1-3H3. The fraction of sp³-hybridized carbons (Fsp3) is 0.643. The molecular weight excluding hydrogens is 280 g/mol. The summed E-state index contributed by atoms with van der Waals surface area (Å²) in [6, 6.07) is 4.12. The molecule has 19 heavy (non-hydrogen) atoms. The predicted molar refractivity (Wildman–Crippen MR) is 81.4 cm³/mol. The predicted octanol–water partition coefficient (Wildman–Crippen LogP) is 3.00. The van der Waals surface area contributed by atoms with Crippen LogP contribution in [0.4, 0.5) is 0 Å². The third kappa shape index (κ3) is 3.57. The van der Waals surface area contributed by atoms with Gasteiger partial charge >= 0.3 is 0 Å². The van der Waals surface area contributed by atoms with E-state index in [1.807, 2.05) is 13.0 Å². The second-order valence-electron chi connectivity index (χ2n) is 5.40. The highest BCUT2D eigenvalue weighted by atomic mass is 35.5. The average molecular weight is 301 g/mol. The van der Waals surface area contributed by atoms with Crippen LogP contribution < -0.4 is 0 Å². The summed E-state index contributed by atoms with van der Waals surface area (Å²) < 4.78 is 0.681. The van der Waals surface area contributed by atoms with Crippen molar-refractivity contribution in [3.8, 4) is 0 Å². The van der Waals surface area contributed by atoms with Gasteiger partial charge in [-0.2, -0.15) is 0 Å². The number of Topliss-reactive ketones (excluding diaryl/α,β-unsaturated/α-hetero) is 1. The van der Waals surface area contributed by atoms with E-state index in [1.54, 1.807) is 6.07 Å². The van der Waals surface area contributed by atoms with Gasteiger partial charge in [-0.3, -0.25) is 9.69 Å². The van der Waals surface area contributed by atoms with Crippen LogP contribution in [0.15, 0.2) is 12.1 Å². The van der Waals surface area contributed by atoms with Crippen LogP contribution in [0.1, 0.15) is 29.4 Å². The molecule has 106 valence electrons. The Morgan fingerprint density at radius 2 is 2.26 bits per heavy atom. The third-order valence-electron chi connectivity index (χ3n) is 3.90. The van der Waals surface area contributed by atoms with Gasteiger partial charge in [-0.15, -0.1) is 11.3 Å². The minimum atomic E-state index is -0.0579. The largest absolute Gasteiger partial charge is 0.305 e. The Hall–Kier alpha value is -0.420. The Kier molecular flexibility index (Phi) is 5.01. The number of hydrogen-bond donors (Lipinski definition) is 0. The maximum atomic E-state index is 12.4. The lowest BCUT2D eigenvalue weighted by molar-refractivity contribution is 0.0702. The van der Waals surface area contributed by atoms with Crippen molar-refractivity contribution in [1.82, 2.24) is 9.80 Å². The van der Waals surface area contributed by atoms with Crippen LogP contribution in [0.2, 0.25) is 4.34 Å². The first-order valence-corrected chi connectivity index (χ1v) is 7.88. The van der Waals surface area contributed by atoms with Crippen LogP contribution in [0, 0.1) is 0 Å². The van der Waals surface area contributed by atoms with Crippen LogP contribution in [0.5, 0.6) is 0 Å². The number of piperidine rings is 1. The van der Waals surface area contributed by atoms with Crippen molar-refractivity contribution in [1.29, 1.82) is 0 Å². The molecule has 1 saturated heterocycles. The molecule has 0 aromatic carbocycles. The molecule has 1 aromatic heterocycles. The molecule has 5 heteroatoms. The molecule has 1 aliphatic rings. The molecule has 2 unspecified atom stereocenters.